The predicted molar refractivity (Wildman–Crippen MR) is 71.7 cm³/mol. The maximum atomic E-state index is 5.37. The second-order valence-corrected chi connectivity index (χ2v) is 6.26. The van der Waals surface area contributed by atoms with E-state index in [2.05, 4.69) is 15.2 Å². The van der Waals surface area contributed by atoms with Gasteiger partial charge in [0.1, 0.15) is 0 Å². The number of hydrogen-bond donors (Lipinski definition) is 2. The van der Waals surface area contributed by atoms with Gasteiger partial charge in [-0.25, -0.2) is 0 Å². The van der Waals surface area contributed by atoms with E-state index in [0.29, 0.717) is 11.5 Å². The summed E-state index contributed by atoms with van der Waals surface area (Å²) in [5, 5.41) is 3.39. The van der Waals surface area contributed by atoms with Gasteiger partial charge in [-0.15, -0.1) is 0 Å². The normalized spacial score (nSPS) is 28.4. The highest BCUT2D eigenvalue weighted by atomic mass is 16.6. The molecule has 4 rings (SSSR count). The van der Waals surface area contributed by atoms with Crippen molar-refractivity contribution < 1.29 is 4.84 Å². The summed E-state index contributed by atoms with van der Waals surface area (Å²) >= 11 is 0. The van der Waals surface area contributed by atoms with Crippen molar-refractivity contribution in [3.63, 3.8) is 0 Å². The van der Waals surface area contributed by atoms with Crippen molar-refractivity contribution in [3.05, 3.63) is 23.5 Å². The molecule has 1 spiro atoms. The quantitative estimate of drug-likeness (QED) is 0.738. The molecule has 0 radical (unpaired) electrons. The van der Waals surface area contributed by atoms with Gasteiger partial charge in [-0.3, -0.25) is 9.88 Å². The average molecular weight is 260 g/mol. The number of pyridine rings is 1. The zero-order chi connectivity index (χ0) is 12.9. The summed E-state index contributed by atoms with van der Waals surface area (Å²) in [5.74, 6) is 6.17. The lowest BCUT2D eigenvalue weighted by atomic mass is 9.72. The Balaban J connectivity index is 1.49. The number of aryl methyl sites for hydroxylation is 1. The van der Waals surface area contributed by atoms with E-state index in [-0.39, 0.29) is 0 Å². The number of fused-ring (bicyclic) bond motifs is 1. The van der Waals surface area contributed by atoms with Crippen LogP contribution in [-0.4, -0.2) is 42.1 Å². The Morgan fingerprint density at radius 2 is 2.26 bits per heavy atom. The first-order valence-electron chi connectivity index (χ1n) is 7.08. The highest BCUT2D eigenvalue weighted by Gasteiger charge is 2.49. The zero-order valence-corrected chi connectivity index (χ0v) is 11.1. The van der Waals surface area contributed by atoms with Crippen molar-refractivity contribution in [2.45, 2.75) is 25.3 Å². The Morgan fingerprint density at radius 1 is 1.42 bits per heavy atom. The van der Waals surface area contributed by atoms with Crippen LogP contribution in [0.2, 0.25) is 0 Å². The molecule has 0 aromatic carbocycles. The highest BCUT2D eigenvalue weighted by Crippen LogP contribution is 2.39. The summed E-state index contributed by atoms with van der Waals surface area (Å²) < 4.78 is 0. The van der Waals surface area contributed by atoms with E-state index in [1.165, 1.54) is 43.9 Å². The highest BCUT2D eigenvalue weighted by molar-refractivity contribution is 5.38. The fraction of sp³-hybridized carbons (Fsp3) is 0.643. The summed E-state index contributed by atoms with van der Waals surface area (Å²) in [6.45, 7) is 4.90. The lowest BCUT2D eigenvalue weighted by Gasteiger charge is -2.59. The van der Waals surface area contributed by atoms with Crippen molar-refractivity contribution in [3.8, 4) is 5.75 Å². The molecule has 2 aliphatic heterocycles. The van der Waals surface area contributed by atoms with Gasteiger partial charge < -0.3 is 10.2 Å². The van der Waals surface area contributed by atoms with Crippen molar-refractivity contribution in [1.82, 2.24) is 15.2 Å². The van der Waals surface area contributed by atoms with Crippen LogP contribution in [0, 0.1) is 5.41 Å². The maximum Gasteiger partial charge on any atom is 0.153 e. The van der Waals surface area contributed by atoms with Crippen LogP contribution < -0.4 is 16.1 Å². The molecule has 3 N–H and O–H groups in total. The van der Waals surface area contributed by atoms with Gasteiger partial charge in [0.25, 0.3) is 0 Å². The second-order valence-electron chi connectivity index (χ2n) is 6.26. The smallest absolute Gasteiger partial charge is 0.153 e. The van der Waals surface area contributed by atoms with Crippen LogP contribution in [0.4, 0.5) is 0 Å². The summed E-state index contributed by atoms with van der Waals surface area (Å²) in [4.78, 5) is 12.1. The van der Waals surface area contributed by atoms with Gasteiger partial charge in [0.2, 0.25) is 0 Å². The van der Waals surface area contributed by atoms with E-state index in [9.17, 15) is 0 Å². The molecule has 102 valence electrons. The molecule has 5 heteroatoms. The van der Waals surface area contributed by atoms with Crippen LogP contribution in [0.3, 0.4) is 0 Å². The Hall–Kier alpha value is -1.17. The van der Waals surface area contributed by atoms with E-state index in [0.717, 1.165) is 18.6 Å². The molecule has 0 amide bonds. The lowest BCUT2D eigenvalue weighted by Crippen LogP contribution is -2.72. The molecule has 5 nitrogen and oxygen atoms in total. The van der Waals surface area contributed by atoms with E-state index < -0.39 is 0 Å². The third kappa shape index (κ3) is 1.76. The third-order valence-corrected chi connectivity index (χ3v) is 4.98. The van der Waals surface area contributed by atoms with E-state index in [1.54, 1.807) is 6.20 Å². The second kappa shape index (κ2) is 4.16. The number of aromatic nitrogens is 1. The molecule has 1 aromatic heterocycles. The predicted octanol–water partition coefficient (Wildman–Crippen LogP) is 0.0966. The number of nitrogens with two attached hydrogens (primary N) is 1. The molecule has 3 aliphatic rings. The average Bonchev–Trinajstić information content (AvgIpc) is 2.34. The largest absolute Gasteiger partial charge is 0.411 e. The topological polar surface area (TPSA) is 63.4 Å². The van der Waals surface area contributed by atoms with Crippen LogP contribution in [0.15, 0.2) is 12.3 Å². The molecule has 1 aliphatic carbocycles. The molecule has 19 heavy (non-hydrogen) atoms. The van der Waals surface area contributed by atoms with Gasteiger partial charge in [0, 0.05) is 61.2 Å². The third-order valence-electron chi connectivity index (χ3n) is 4.98. The Kier molecular flexibility index (Phi) is 2.55. The van der Waals surface area contributed by atoms with Crippen molar-refractivity contribution in [2.24, 2.45) is 11.3 Å². The van der Waals surface area contributed by atoms with E-state index >= 15 is 0 Å². The first-order valence-corrected chi connectivity index (χ1v) is 7.08. The minimum absolute atomic E-state index is 0.600. The molecule has 1 atom stereocenters. The zero-order valence-electron chi connectivity index (χ0n) is 11.1. The van der Waals surface area contributed by atoms with Gasteiger partial charge in [-0.2, -0.15) is 5.90 Å². The summed E-state index contributed by atoms with van der Waals surface area (Å²) in [7, 11) is 0. The number of rotatable bonds is 2. The molecule has 3 heterocycles. The first-order chi connectivity index (χ1) is 9.30. The fourth-order valence-electron chi connectivity index (χ4n) is 3.79. The van der Waals surface area contributed by atoms with Crippen LogP contribution >= 0.6 is 0 Å². The summed E-state index contributed by atoms with van der Waals surface area (Å²) in [6.07, 6.45) is 5.07. The summed E-state index contributed by atoms with van der Waals surface area (Å²) in [5.41, 5.74) is 2.98. The van der Waals surface area contributed by atoms with E-state index in [4.69, 9.17) is 10.7 Å². The monoisotopic (exact) mass is 260 g/mol. The Labute approximate surface area is 113 Å². The molecule has 2 fully saturated rings. The summed E-state index contributed by atoms with van der Waals surface area (Å²) in [6, 6.07) is 2.51. The molecule has 0 saturated carbocycles. The molecule has 0 bridgehead atoms. The fourth-order valence-corrected chi connectivity index (χ4v) is 3.79. The SMILES string of the molecule is NOc1ccnc2c1CC(N1CC3(CNC3)C1)CC2. The molecular weight excluding hydrogens is 240 g/mol. The van der Waals surface area contributed by atoms with Gasteiger partial charge >= 0.3 is 0 Å². The minimum atomic E-state index is 0.600. The number of nitrogens with one attached hydrogen (secondary N) is 1. The lowest BCUT2D eigenvalue weighted by molar-refractivity contribution is -0.0676. The molecule has 1 unspecified atom stereocenters. The Bertz CT molecular complexity index is 478. The van der Waals surface area contributed by atoms with Crippen LogP contribution in [0.25, 0.3) is 0 Å². The van der Waals surface area contributed by atoms with Crippen LogP contribution in [0.1, 0.15) is 17.7 Å². The van der Waals surface area contributed by atoms with Crippen molar-refractivity contribution >= 4 is 0 Å². The van der Waals surface area contributed by atoms with Crippen molar-refractivity contribution in [2.75, 3.05) is 26.2 Å². The van der Waals surface area contributed by atoms with Gasteiger partial charge in [0.05, 0.1) is 0 Å². The Morgan fingerprint density at radius 3 is 2.95 bits per heavy atom. The first kappa shape index (κ1) is 11.6. The van der Waals surface area contributed by atoms with Crippen molar-refractivity contribution in [1.29, 1.82) is 0 Å². The molecular formula is C14H20N4O. The maximum absolute atomic E-state index is 5.37. The minimum Gasteiger partial charge on any atom is -0.411 e. The molecule has 2 saturated heterocycles. The van der Waals surface area contributed by atoms with Gasteiger partial charge in [-0.05, 0) is 19.3 Å². The number of hydrogen-bond acceptors (Lipinski definition) is 5. The van der Waals surface area contributed by atoms with E-state index in [1.807, 2.05) is 6.07 Å². The number of nitrogens with zero attached hydrogens (tertiary/aromatic N) is 2. The van der Waals surface area contributed by atoms with Crippen LogP contribution in [-0.2, 0) is 12.8 Å². The number of likely N-dealkylation sites (tertiary alicyclic amines) is 1. The van der Waals surface area contributed by atoms with Gasteiger partial charge in [0.15, 0.2) is 5.75 Å². The molecule has 1 aromatic rings. The van der Waals surface area contributed by atoms with Gasteiger partial charge in [-0.1, -0.05) is 0 Å². The standard InChI is InChI=1S/C14H20N4O/c15-19-13-3-4-17-12-2-1-10(5-11(12)13)18-8-14(9-18)6-16-7-14/h3-4,10,16H,1-2,5-9,15H2. The van der Waals surface area contributed by atoms with Crippen LogP contribution in [0.5, 0.6) is 5.75 Å².